The van der Waals surface area contributed by atoms with Crippen LogP contribution in [0.3, 0.4) is 0 Å². The zero-order valence-corrected chi connectivity index (χ0v) is 14.0. The first-order valence-corrected chi connectivity index (χ1v) is 9.13. The lowest BCUT2D eigenvalue weighted by Crippen LogP contribution is -2.60. The van der Waals surface area contributed by atoms with Gasteiger partial charge in [0.15, 0.2) is 0 Å². The molecule has 0 aliphatic carbocycles. The van der Waals surface area contributed by atoms with Gasteiger partial charge >= 0.3 is 8.56 Å². The Morgan fingerprint density at radius 1 is 0.895 bits per heavy atom. The molecule has 0 saturated carbocycles. The van der Waals surface area contributed by atoms with Gasteiger partial charge in [-0.05, 0) is 18.0 Å². The number of hydrogen-bond acceptors (Lipinski definition) is 2. The maximum Gasteiger partial charge on any atom is 0.378 e. The van der Waals surface area contributed by atoms with Gasteiger partial charge in [0.25, 0.3) is 0 Å². The summed E-state index contributed by atoms with van der Waals surface area (Å²) in [6, 6.07) is 10.5. The normalized spacial score (nSPS) is 12.7. The molecule has 0 bridgehead atoms. The minimum atomic E-state index is -2.42. The predicted molar refractivity (Wildman–Crippen MR) is 84.0 cm³/mol. The highest BCUT2D eigenvalue weighted by Gasteiger charge is 2.51. The summed E-state index contributed by atoms with van der Waals surface area (Å²) in [4.78, 5) is 0. The third-order valence-electron chi connectivity index (χ3n) is 3.16. The molecular weight excluding hydrogens is 252 g/mol. The average Bonchev–Trinajstić information content (AvgIpc) is 2.39. The van der Waals surface area contributed by atoms with E-state index < -0.39 is 8.56 Å². The zero-order chi connectivity index (χ0) is 14.4. The van der Waals surface area contributed by atoms with Crippen LogP contribution < -0.4 is 5.19 Å². The van der Waals surface area contributed by atoms with Crippen LogP contribution >= 0.6 is 0 Å². The van der Waals surface area contributed by atoms with E-state index in [0.29, 0.717) is 0 Å². The molecule has 1 aromatic carbocycles. The molecule has 3 heteroatoms. The molecule has 0 unspecified atom stereocenters. The van der Waals surface area contributed by atoms with Gasteiger partial charge in [0, 0.05) is 18.3 Å². The van der Waals surface area contributed by atoms with Gasteiger partial charge in [0.1, 0.15) is 0 Å². The second-order valence-electron chi connectivity index (χ2n) is 5.93. The van der Waals surface area contributed by atoms with Crippen LogP contribution in [0.1, 0.15) is 47.5 Å². The number of rotatable bonds is 7. The Morgan fingerprint density at radius 3 is 1.74 bits per heavy atom. The van der Waals surface area contributed by atoms with Gasteiger partial charge in [-0.2, -0.15) is 0 Å². The zero-order valence-electron chi connectivity index (χ0n) is 13.0. The summed E-state index contributed by atoms with van der Waals surface area (Å²) in [5.74, 6) is 0. The van der Waals surface area contributed by atoms with Crippen LogP contribution in [0, 0.1) is 0 Å². The first kappa shape index (κ1) is 16.4. The van der Waals surface area contributed by atoms with Gasteiger partial charge in [-0.25, -0.2) is 0 Å². The Bertz CT molecular complexity index is 349. The monoisotopic (exact) mass is 280 g/mol. The van der Waals surface area contributed by atoms with Gasteiger partial charge < -0.3 is 8.85 Å². The van der Waals surface area contributed by atoms with E-state index in [9.17, 15) is 0 Å². The number of hydrogen-bond donors (Lipinski definition) is 0. The minimum Gasteiger partial charge on any atom is -0.391 e. The molecule has 0 N–H and O–H groups in total. The van der Waals surface area contributed by atoms with Crippen LogP contribution in [0.4, 0.5) is 0 Å². The Kier molecular flexibility index (Phi) is 6.24. The molecule has 1 aromatic rings. The van der Waals surface area contributed by atoms with Gasteiger partial charge in [-0.15, -0.1) is 0 Å². The molecule has 0 heterocycles. The summed E-state index contributed by atoms with van der Waals surface area (Å²) in [5.41, 5.74) is 0. The average molecular weight is 280 g/mol. The lowest BCUT2D eigenvalue weighted by Gasteiger charge is -2.41. The van der Waals surface area contributed by atoms with E-state index in [2.05, 4.69) is 58.9 Å². The quantitative estimate of drug-likeness (QED) is 0.703. The van der Waals surface area contributed by atoms with Crippen LogP contribution in [-0.2, 0) is 8.85 Å². The van der Waals surface area contributed by atoms with E-state index in [4.69, 9.17) is 8.85 Å². The highest BCUT2D eigenvalue weighted by molar-refractivity contribution is 6.83. The van der Waals surface area contributed by atoms with Crippen molar-refractivity contribution in [2.24, 2.45) is 0 Å². The summed E-state index contributed by atoms with van der Waals surface area (Å²) >= 11 is 0. The lowest BCUT2D eigenvalue weighted by molar-refractivity contribution is 0.160. The second kappa shape index (κ2) is 7.22. The van der Waals surface area contributed by atoms with Gasteiger partial charge in [-0.1, -0.05) is 65.0 Å². The number of benzene rings is 1. The first-order chi connectivity index (χ1) is 8.98. The first-order valence-electron chi connectivity index (χ1n) is 7.31. The Balaban J connectivity index is 3.18. The van der Waals surface area contributed by atoms with E-state index in [1.165, 1.54) is 5.19 Å². The maximum atomic E-state index is 6.35. The van der Waals surface area contributed by atoms with Crippen molar-refractivity contribution in [1.29, 1.82) is 0 Å². The van der Waals surface area contributed by atoms with Crippen LogP contribution in [0.2, 0.25) is 5.04 Å². The minimum absolute atomic E-state index is 0.0126. The van der Waals surface area contributed by atoms with Crippen LogP contribution in [0.25, 0.3) is 0 Å². The van der Waals surface area contributed by atoms with Crippen molar-refractivity contribution in [3.8, 4) is 0 Å². The Labute approximate surface area is 119 Å². The molecule has 0 aliphatic heterocycles. The standard InChI is InChI=1S/C16H28O2Si/c1-6-13-17-19(16(3,4)5,18-14-7-2)15-11-9-8-10-12-15/h8-12H,6-7,13-14H2,1-5H3. The summed E-state index contributed by atoms with van der Waals surface area (Å²) in [7, 11) is -2.42. The summed E-state index contributed by atoms with van der Waals surface area (Å²) in [6.07, 6.45) is 2.04. The SMILES string of the molecule is CCCO[Si](OCCC)(c1ccccc1)C(C)(C)C. The molecule has 2 nitrogen and oxygen atoms in total. The van der Waals surface area contributed by atoms with E-state index in [0.717, 1.165) is 26.1 Å². The van der Waals surface area contributed by atoms with E-state index in [1.807, 2.05) is 6.07 Å². The molecule has 108 valence electrons. The molecule has 1 rings (SSSR count). The van der Waals surface area contributed by atoms with Crippen molar-refractivity contribution in [1.82, 2.24) is 0 Å². The molecular formula is C16H28O2Si. The molecule has 19 heavy (non-hydrogen) atoms. The highest BCUT2D eigenvalue weighted by atomic mass is 28.4. The van der Waals surface area contributed by atoms with Gasteiger partial charge in [0.2, 0.25) is 0 Å². The molecule has 0 fully saturated rings. The van der Waals surface area contributed by atoms with Gasteiger partial charge in [-0.3, -0.25) is 0 Å². The molecule has 0 atom stereocenters. The van der Waals surface area contributed by atoms with E-state index in [1.54, 1.807) is 0 Å². The van der Waals surface area contributed by atoms with Crippen LogP contribution in [0.15, 0.2) is 30.3 Å². The summed E-state index contributed by atoms with van der Waals surface area (Å²) in [6.45, 7) is 12.5. The molecule has 0 saturated heterocycles. The fraction of sp³-hybridized carbons (Fsp3) is 0.625. The Morgan fingerprint density at radius 2 is 1.37 bits per heavy atom. The fourth-order valence-corrected chi connectivity index (χ4v) is 5.99. The van der Waals surface area contributed by atoms with Crippen molar-refractivity contribution in [3.63, 3.8) is 0 Å². The molecule has 0 radical (unpaired) electrons. The van der Waals surface area contributed by atoms with Crippen molar-refractivity contribution in [2.75, 3.05) is 13.2 Å². The third-order valence-corrected chi connectivity index (χ3v) is 7.45. The van der Waals surface area contributed by atoms with Gasteiger partial charge in [0.05, 0.1) is 0 Å². The van der Waals surface area contributed by atoms with Crippen molar-refractivity contribution in [2.45, 2.75) is 52.5 Å². The van der Waals surface area contributed by atoms with Crippen molar-refractivity contribution in [3.05, 3.63) is 30.3 Å². The largest absolute Gasteiger partial charge is 0.391 e. The summed E-state index contributed by atoms with van der Waals surface area (Å²) in [5, 5.41) is 1.25. The second-order valence-corrected chi connectivity index (χ2v) is 9.82. The van der Waals surface area contributed by atoms with Crippen molar-refractivity contribution < 1.29 is 8.85 Å². The molecule has 0 spiro atoms. The van der Waals surface area contributed by atoms with E-state index in [-0.39, 0.29) is 5.04 Å². The van der Waals surface area contributed by atoms with Crippen LogP contribution in [0.5, 0.6) is 0 Å². The predicted octanol–water partition coefficient (Wildman–Crippen LogP) is 3.99. The molecule has 0 aromatic heterocycles. The third kappa shape index (κ3) is 3.91. The lowest BCUT2D eigenvalue weighted by atomic mass is 10.2. The fourth-order valence-electron chi connectivity index (χ4n) is 2.22. The Hall–Kier alpha value is -0.643. The summed E-state index contributed by atoms with van der Waals surface area (Å²) < 4.78 is 12.7. The highest BCUT2D eigenvalue weighted by Crippen LogP contribution is 2.37. The maximum absolute atomic E-state index is 6.35. The molecule has 0 amide bonds. The molecule has 0 aliphatic rings. The van der Waals surface area contributed by atoms with E-state index >= 15 is 0 Å². The smallest absolute Gasteiger partial charge is 0.378 e. The van der Waals surface area contributed by atoms with Crippen LogP contribution in [-0.4, -0.2) is 21.8 Å². The van der Waals surface area contributed by atoms with Crippen molar-refractivity contribution >= 4 is 13.7 Å². The topological polar surface area (TPSA) is 18.5 Å².